The van der Waals surface area contributed by atoms with Gasteiger partial charge in [-0.15, -0.1) is 0 Å². The van der Waals surface area contributed by atoms with E-state index in [2.05, 4.69) is 10.6 Å². The van der Waals surface area contributed by atoms with Gasteiger partial charge in [-0.25, -0.2) is 0 Å². The van der Waals surface area contributed by atoms with Crippen LogP contribution in [0, 0.1) is 0 Å². The van der Waals surface area contributed by atoms with Gasteiger partial charge in [0.25, 0.3) is 0 Å². The molecule has 0 spiro atoms. The van der Waals surface area contributed by atoms with Crippen LogP contribution in [0.5, 0.6) is 11.5 Å². The zero-order chi connectivity index (χ0) is 20.1. The van der Waals surface area contributed by atoms with Crippen LogP contribution in [0.4, 0.5) is 11.4 Å². The van der Waals surface area contributed by atoms with Crippen LogP contribution in [0.15, 0.2) is 36.4 Å². The fourth-order valence-corrected chi connectivity index (χ4v) is 3.46. The van der Waals surface area contributed by atoms with Gasteiger partial charge in [-0.05, 0) is 42.7 Å². The van der Waals surface area contributed by atoms with Crippen molar-refractivity contribution in [2.24, 2.45) is 0 Å². The molecule has 0 radical (unpaired) electrons. The Balaban J connectivity index is 1.99. The molecule has 0 aromatic heterocycles. The number of carbonyl (C=O) groups excluding carboxylic acids is 2. The topological polar surface area (TPSA) is 76.7 Å². The van der Waals surface area contributed by atoms with Crippen molar-refractivity contribution in [3.63, 3.8) is 0 Å². The first-order valence-electron chi connectivity index (χ1n) is 9.60. The zero-order valence-electron chi connectivity index (χ0n) is 16.5. The average molecular weight is 382 g/mol. The maximum atomic E-state index is 12.3. The normalized spacial score (nSPS) is 15.4. The molecular weight excluding hydrogens is 356 g/mol. The standard InChI is InChI=1S/C22H26N2O4/c1-4-6-21(25)24-19-11-17-16(14-7-9-15(10-8-14)28-5-2)12-22(26)23-18(17)13-20(19)27-3/h7-11,13,16H,4-6,12H2,1-3H3,(H,23,26)(H,24,25). The third kappa shape index (κ3) is 4.27. The Morgan fingerprint density at radius 3 is 2.61 bits per heavy atom. The average Bonchev–Trinajstić information content (AvgIpc) is 2.68. The minimum Gasteiger partial charge on any atom is -0.494 e. The lowest BCUT2D eigenvalue weighted by atomic mass is 9.84. The highest BCUT2D eigenvalue weighted by Gasteiger charge is 2.28. The molecule has 0 aliphatic carbocycles. The monoisotopic (exact) mass is 382 g/mol. The van der Waals surface area contributed by atoms with Crippen molar-refractivity contribution in [3.8, 4) is 11.5 Å². The van der Waals surface area contributed by atoms with Crippen LogP contribution in [-0.2, 0) is 9.59 Å². The van der Waals surface area contributed by atoms with Crippen LogP contribution in [0.1, 0.15) is 50.2 Å². The molecule has 0 saturated carbocycles. The van der Waals surface area contributed by atoms with E-state index in [9.17, 15) is 9.59 Å². The van der Waals surface area contributed by atoms with Crippen LogP contribution in [0.25, 0.3) is 0 Å². The molecule has 3 rings (SSSR count). The number of methoxy groups -OCH3 is 1. The Labute approximate surface area is 165 Å². The summed E-state index contributed by atoms with van der Waals surface area (Å²) in [4.78, 5) is 24.4. The number of rotatable bonds is 7. The molecule has 28 heavy (non-hydrogen) atoms. The molecule has 6 heteroatoms. The molecule has 2 amide bonds. The Morgan fingerprint density at radius 2 is 1.96 bits per heavy atom. The highest BCUT2D eigenvalue weighted by molar-refractivity contribution is 5.98. The summed E-state index contributed by atoms with van der Waals surface area (Å²) in [6, 6.07) is 11.5. The minimum absolute atomic E-state index is 0.0452. The van der Waals surface area contributed by atoms with E-state index >= 15 is 0 Å². The molecule has 2 aromatic carbocycles. The van der Waals surface area contributed by atoms with Gasteiger partial charge in [-0.3, -0.25) is 9.59 Å². The van der Waals surface area contributed by atoms with Crippen molar-refractivity contribution in [3.05, 3.63) is 47.5 Å². The molecular formula is C22H26N2O4. The first-order chi connectivity index (χ1) is 13.5. The largest absolute Gasteiger partial charge is 0.494 e. The Morgan fingerprint density at radius 1 is 1.21 bits per heavy atom. The van der Waals surface area contributed by atoms with E-state index in [0.717, 1.165) is 23.3 Å². The summed E-state index contributed by atoms with van der Waals surface area (Å²) in [6.07, 6.45) is 1.55. The van der Waals surface area contributed by atoms with Gasteiger partial charge in [-0.1, -0.05) is 19.1 Å². The highest BCUT2D eigenvalue weighted by Crippen LogP contribution is 2.42. The summed E-state index contributed by atoms with van der Waals surface area (Å²) in [5, 5.41) is 5.84. The van der Waals surface area contributed by atoms with Gasteiger partial charge >= 0.3 is 0 Å². The van der Waals surface area contributed by atoms with Crippen molar-refractivity contribution in [1.82, 2.24) is 0 Å². The van der Waals surface area contributed by atoms with E-state index in [0.29, 0.717) is 36.6 Å². The molecule has 0 bridgehead atoms. The third-order valence-electron chi connectivity index (χ3n) is 4.76. The van der Waals surface area contributed by atoms with Gasteiger partial charge < -0.3 is 20.1 Å². The summed E-state index contributed by atoms with van der Waals surface area (Å²) in [7, 11) is 1.55. The van der Waals surface area contributed by atoms with Gasteiger partial charge in [0.2, 0.25) is 11.8 Å². The molecule has 1 atom stereocenters. The Hall–Kier alpha value is -3.02. The summed E-state index contributed by atoms with van der Waals surface area (Å²) in [6.45, 7) is 4.51. The number of nitrogens with one attached hydrogen (secondary N) is 2. The number of benzene rings is 2. The first kappa shape index (κ1) is 19.7. The van der Waals surface area contributed by atoms with Gasteiger partial charge in [0, 0.05) is 30.5 Å². The molecule has 0 fully saturated rings. The number of fused-ring (bicyclic) bond motifs is 1. The predicted molar refractivity (Wildman–Crippen MR) is 109 cm³/mol. The zero-order valence-corrected chi connectivity index (χ0v) is 16.5. The predicted octanol–water partition coefficient (Wildman–Crippen LogP) is 4.31. The highest BCUT2D eigenvalue weighted by atomic mass is 16.5. The van der Waals surface area contributed by atoms with Crippen molar-refractivity contribution < 1.29 is 19.1 Å². The maximum Gasteiger partial charge on any atom is 0.225 e. The van der Waals surface area contributed by atoms with E-state index in [-0.39, 0.29) is 17.7 Å². The Kier molecular flexibility index (Phi) is 6.19. The van der Waals surface area contributed by atoms with E-state index in [1.54, 1.807) is 13.2 Å². The molecule has 1 heterocycles. The summed E-state index contributed by atoms with van der Waals surface area (Å²) >= 11 is 0. The molecule has 0 saturated heterocycles. The number of anilines is 2. The van der Waals surface area contributed by atoms with Crippen LogP contribution >= 0.6 is 0 Å². The van der Waals surface area contributed by atoms with Crippen molar-refractivity contribution in [2.45, 2.75) is 39.0 Å². The van der Waals surface area contributed by atoms with Crippen LogP contribution in [0.2, 0.25) is 0 Å². The molecule has 2 N–H and O–H groups in total. The summed E-state index contributed by atoms with van der Waals surface area (Å²) in [5.41, 5.74) is 3.30. The van der Waals surface area contributed by atoms with Gasteiger partial charge in [-0.2, -0.15) is 0 Å². The van der Waals surface area contributed by atoms with Crippen LogP contribution in [0.3, 0.4) is 0 Å². The van der Waals surface area contributed by atoms with Gasteiger partial charge in [0.05, 0.1) is 19.4 Å². The number of amides is 2. The van der Waals surface area contributed by atoms with Crippen molar-refractivity contribution >= 4 is 23.2 Å². The Bertz CT molecular complexity index is 862. The van der Waals surface area contributed by atoms with E-state index < -0.39 is 0 Å². The number of ether oxygens (including phenoxy) is 2. The number of hydrogen-bond donors (Lipinski definition) is 2. The lowest BCUT2D eigenvalue weighted by Gasteiger charge is -2.27. The number of carbonyl (C=O) groups is 2. The second-order valence-electron chi connectivity index (χ2n) is 6.74. The number of hydrogen-bond acceptors (Lipinski definition) is 4. The maximum absolute atomic E-state index is 12.3. The summed E-state index contributed by atoms with van der Waals surface area (Å²) in [5.74, 6) is 1.12. The lowest BCUT2D eigenvalue weighted by Crippen LogP contribution is -2.24. The van der Waals surface area contributed by atoms with Crippen LogP contribution in [-0.4, -0.2) is 25.5 Å². The van der Waals surface area contributed by atoms with E-state index in [1.165, 1.54) is 0 Å². The third-order valence-corrected chi connectivity index (χ3v) is 4.76. The second-order valence-corrected chi connectivity index (χ2v) is 6.74. The first-order valence-corrected chi connectivity index (χ1v) is 9.60. The molecule has 6 nitrogen and oxygen atoms in total. The fourth-order valence-electron chi connectivity index (χ4n) is 3.46. The minimum atomic E-state index is -0.104. The van der Waals surface area contributed by atoms with E-state index in [1.807, 2.05) is 44.2 Å². The molecule has 148 valence electrons. The quantitative estimate of drug-likeness (QED) is 0.748. The van der Waals surface area contributed by atoms with Gasteiger partial charge in [0.1, 0.15) is 11.5 Å². The molecule has 2 aromatic rings. The van der Waals surface area contributed by atoms with Crippen molar-refractivity contribution in [1.29, 1.82) is 0 Å². The van der Waals surface area contributed by atoms with Crippen LogP contribution < -0.4 is 20.1 Å². The van der Waals surface area contributed by atoms with E-state index in [4.69, 9.17) is 9.47 Å². The fraction of sp³-hybridized carbons (Fsp3) is 0.364. The molecule has 1 unspecified atom stereocenters. The van der Waals surface area contributed by atoms with Crippen molar-refractivity contribution in [2.75, 3.05) is 24.4 Å². The molecule has 1 aliphatic heterocycles. The lowest BCUT2D eigenvalue weighted by molar-refractivity contribution is -0.117. The summed E-state index contributed by atoms with van der Waals surface area (Å²) < 4.78 is 10.9. The smallest absolute Gasteiger partial charge is 0.225 e. The van der Waals surface area contributed by atoms with Gasteiger partial charge in [0.15, 0.2) is 0 Å². The molecule has 1 aliphatic rings. The second kappa shape index (κ2) is 8.78. The SMILES string of the molecule is CCCC(=O)Nc1cc2c(cc1OC)NC(=O)CC2c1ccc(OCC)cc1.